The first-order chi connectivity index (χ1) is 6.48. The van der Waals surface area contributed by atoms with Gasteiger partial charge in [-0.3, -0.25) is 0 Å². The van der Waals surface area contributed by atoms with Crippen LogP contribution in [0.25, 0.3) is 0 Å². The van der Waals surface area contributed by atoms with E-state index in [1.54, 1.807) is 11.0 Å². The average Bonchev–Trinajstić information content (AvgIpc) is 2.00. The molecule has 0 radical (unpaired) electrons. The maximum atomic E-state index is 12.6. The molecule has 1 aliphatic rings. The second kappa shape index (κ2) is 2.80. The minimum absolute atomic E-state index is 0.245. The molecule has 0 aromatic carbocycles. The second-order valence-corrected chi connectivity index (χ2v) is 3.62. The van der Waals surface area contributed by atoms with E-state index in [4.69, 9.17) is 5.73 Å². The van der Waals surface area contributed by atoms with Crippen molar-refractivity contribution in [2.24, 2.45) is 0 Å². The van der Waals surface area contributed by atoms with Crippen molar-refractivity contribution in [2.45, 2.75) is 12.8 Å². The molecule has 3 nitrogen and oxygen atoms in total. The van der Waals surface area contributed by atoms with Crippen molar-refractivity contribution in [3.8, 4) is 0 Å². The lowest BCUT2D eigenvalue weighted by Crippen LogP contribution is -2.56. The maximum Gasteiger partial charge on any atom is 0.282 e. The Morgan fingerprint density at radius 1 is 1.50 bits per heavy atom. The summed E-state index contributed by atoms with van der Waals surface area (Å²) >= 11 is 0. The Labute approximate surface area is 80.5 Å². The van der Waals surface area contributed by atoms with Gasteiger partial charge in [-0.25, -0.2) is 13.8 Å². The molecule has 0 saturated carbocycles. The van der Waals surface area contributed by atoms with E-state index >= 15 is 0 Å². The molecule has 5 heteroatoms. The number of aromatic nitrogens is 1. The van der Waals surface area contributed by atoms with Gasteiger partial charge in [-0.1, -0.05) is 0 Å². The lowest BCUT2D eigenvalue weighted by molar-refractivity contribution is -0.0267. The molecule has 14 heavy (non-hydrogen) atoms. The van der Waals surface area contributed by atoms with Gasteiger partial charge in [0.15, 0.2) is 0 Å². The second-order valence-electron chi connectivity index (χ2n) is 3.62. The number of nitrogens with two attached hydrogens (primary N) is 1. The molecule has 2 N–H and O–H groups in total. The zero-order valence-corrected chi connectivity index (χ0v) is 7.80. The van der Waals surface area contributed by atoms with Crippen LogP contribution in [0.5, 0.6) is 0 Å². The number of hydrogen-bond donors (Lipinski definition) is 1. The van der Waals surface area contributed by atoms with E-state index in [1.807, 2.05) is 6.92 Å². The van der Waals surface area contributed by atoms with Crippen LogP contribution in [0.4, 0.5) is 20.3 Å². The molecule has 76 valence electrons. The minimum Gasteiger partial charge on any atom is -0.397 e. The van der Waals surface area contributed by atoms with Crippen LogP contribution in [0.1, 0.15) is 5.56 Å². The molecule has 0 bridgehead atoms. The van der Waals surface area contributed by atoms with E-state index in [2.05, 4.69) is 4.98 Å². The Kier molecular flexibility index (Phi) is 1.83. The average molecular weight is 199 g/mol. The van der Waals surface area contributed by atoms with Gasteiger partial charge < -0.3 is 10.6 Å². The standard InChI is InChI=1S/C9H11F2N3/c1-6-2-7(12)3-13-8(6)14-4-9(10,11)5-14/h2-3H,4-5,12H2,1H3. The van der Waals surface area contributed by atoms with Crippen molar-refractivity contribution < 1.29 is 8.78 Å². The summed E-state index contributed by atoms with van der Waals surface area (Å²) in [5.41, 5.74) is 6.90. The monoisotopic (exact) mass is 199 g/mol. The third kappa shape index (κ3) is 1.49. The number of halogens is 2. The molecular weight excluding hydrogens is 188 g/mol. The molecule has 1 aliphatic heterocycles. The highest BCUT2D eigenvalue weighted by molar-refractivity contribution is 5.54. The molecule has 0 amide bonds. The Hall–Kier alpha value is -1.39. The maximum absolute atomic E-state index is 12.6. The third-order valence-corrected chi connectivity index (χ3v) is 2.22. The van der Waals surface area contributed by atoms with Crippen LogP contribution in [0.3, 0.4) is 0 Å². The van der Waals surface area contributed by atoms with E-state index in [0.717, 1.165) is 5.56 Å². The Bertz CT molecular complexity index is 357. The predicted molar refractivity (Wildman–Crippen MR) is 50.5 cm³/mol. The van der Waals surface area contributed by atoms with Crippen molar-refractivity contribution in [2.75, 3.05) is 23.7 Å². The molecule has 1 aromatic heterocycles. The first kappa shape index (κ1) is 9.18. The van der Waals surface area contributed by atoms with Gasteiger partial charge in [0.25, 0.3) is 5.92 Å². The van der Waals surface area contributed by atoms with Crippen LogP contribution in [-0.4, -0.2) is 24.0 Å². The summed E-state index contributed by atoms with van der Waals surface area (Å²) in [7, 11) is 0. The fourth-order valence-electron chi connectivity index (χ4n) is 1.58. The zero-order valence-electron chi connectivity index (χ0n) is 7.80. The van der Waals surface area contributed by atoms with Gasteiger partial charge in [-0.2, -0.15) is 0 Å². The molecule has 1 fully saturated rings. The van der Waals surface area contributed by atoms with Crippen molar-refractivity contribution in [3.05, 3.63) is 17.8 Å². The fourth-order valence-corrected chi connectivity index (χ4v) is 1.58. The number of rotatable bonds is 1. The summed E-state index contributed by atoms with van der Waals surface area (Å²) < 4.78 is 25.2. The Balaban J connectivity index is 2.19. The van der Waals surface area contributed by atoms with Crippen LogP contribution >= 0.6 is 0 Å². The summed E-state index contributed by atoms with van der Waals surface area (Å²) in [4.78, 5) is 5.58. The Morgan fingerprint density at radius 3 is 2.64 bits per heavy atom. The molecule has 0 aliphatic carbocycles. The molecule has 1 saturated heterocycles. The van der Waals surface area contributed by atoms with E-state index < -0.39 is 5.92 Å². The van der Waals surface area contributed by atoms with Crippen LogP contribution in [0.2, 0.25) is 0 Å². The van der Waals surface area contributed by atoms with Crippen molar-refractivity contribution >= 4 is 11.5 Å². The smallest absolute Gasteiger partial charge is 0.282 e. The van der Waals surface area contributed by atoms with E-state index in [0.29, 0.717) is 11.5 Å². The SMILES string of the molecule is Cc1cc(N)cnc1N1CC(F)(F)C1. The van der Waals surface area contributed by atoms with Crippen LogP contribution in [0, 0.1) is 6.92 Å². The van der Waals surface area contributed by atoms with E-state index in [9.17, 15) is 8.78 Å². The minimum atomic E-state index is -2.56. The first-order valence-corrected chi connectivity index (χ1v) is 4.33. The zero-order chi connectivity index (χ0) is 10.3. The highest BCUT2D eigenvalue weighted by Gasteiger charge is 2.44. The third-order valence-electron chi connectivity index (χ3n) is 2.22. The van der Waals surface area contributed by atoms with Crippen molar-refractivity contribution in [1.29, 1.82) is 0 Å². The molecular formula is C9H11F2N3. The molecule has 0 spiro atoms. The number of nitrogen functional groups attached to an aromatic ring is 1. The van der Waals surface area contributed by atoms with Crippen LogP contribution in [-0.2, 0) is 0 Å². The van der Waals surface area contributed by atoms with Gasteiger partial charge in [0, 0.05) is 0 Å². The molecule has 2 heterocycles. The van der Waals surface area contributed by atoms with Gasteiger partial charge in [-0.15, -0.1) is 0 Å². The largest absolute Gasteiger partial charge is 0.397 e. The predicted octanol–water partition coefficient (Wildman–Crippen LogP) is 1.43. The fraction of sp³-hybridized carbons (Fsp3) is 0.444. The Morgan fingerprint density at radius 2 is 2.14 bits per heavy atom. The summed E-state index contributed by atoms with van der Waals surface area (Å²) in [5, 5.41) is 0. The van der Waals surface area contributed by atoms with Gasteiger partial charge in [-0.05, 0) is 18.6 Å². The number of hydrogen-bond acceptors (Lipinski definition) is 3. The molecule has 0 atom stereocenters. The number of alkyl halides is 2. The van der Waals surface area contributed by atoms with E-state index in [-0.39, 0.29) is 13.1 Å². The molecule has 2 rings (SSSR count). The number of nitrogens with zero attached hydrogens (tertiary/aromatic N) is 2. The normalized spacial score (nSPS) is 19.2. The van der Waals surface area contributed by atoms with Crippen LogP contribution in [0.15, 0.2) is 12.3 Å². The lowest BCUT2D eigenvalue weighted by atomic mass is 10.1. The van der Waals surface area contributed by atoms with E-state index in [1.165, 1.54) is 6.20 Å². The summed E-state index contributed by atoms with van der Waals surface area (Å²) in [6.45, 7) is 1.32. The highest BCUT2D eigenvalue weighted by atomic mass is 19.3. The summed E-state index contributed by atoms with van der Waals surface area (Å²) in [6.07, 6.45) is 1.48. The molecule has 1 aromatic rings. The quantitative estimate of drug-likeness (QED) is 0.743. The van der Waals surface area contributed by atoms with Gasteiger partial charge in [0.05, 0.1) is 25.0 Å². The number of aryl methyl sites for hydroxylation is 1. The van der Waals surface area contributed by atoms with Gasteiger partial charge >= 0.3 is 0 Å². The first-order valence-electron chi connectivity index (χ1n) is 4.33. The number of anilines is 2. The van der Waals surface area contributed by atoms with Crippen molar-refractivity contribution in [3.63, 3.8) is 0 Å². The van der Waals surface area contributed by atoms with Crippen LogP contribution < -0.4 is 10.6 Å². The van der Waals surface area contributed by atoms with Gasteiger partial charge in [0.1, 0.15) is 5.82 Å². The highest BCUT2D eigenvalue weighted by Crippen LogP contribution is 2.32. The van der Waals surface area contributed by atoms with Crippen molar-refractivity contribution in [1.82, 2.24) is 4.98 Å². The topological polar surface area (TPSA) is 42.1 Å². The van der Waals surface area contributed by atoms with Gasteiger partial charge in [0.2, 0.25) is 0 Å². The number of pyridine rings is 1. The lowest BCUT2D eigenvalue weighted by Gasteiger charge is -2.40. The summed E-state index contributed by atoms with van der Waals surface area (Å²) in [6, 6.07) is 1.73. The molecule has 0 unspecified atom stereocenters. The summed E-state index contributed by atoms with van der Waals surface area (Å²) in [5.74, 6) is -1.96.